The standard InChI is InChI=1S/C15H15N3O2/c19-15(13-7-9-16-14(10-13)11-18-20)17-8-6-12-4-2-1-3-5-12/h1-5,7,9-11,20H,6,8H2,(H,17,19). The van der Waals surface area contributed by atoms with Crippen molar-refractivity contribution in [1.82, 2.24) is 10.3 Å². The molecular weight excluding hydrogens is 254 g/mol. The van der Waals surface area contributed by atoms with Crippen molar-refractivity contribution in [3.8, 4) is 0 Å². The fourth-order valence-electron chi connectivity index (χ4n) is 1.79. The molecule has 20 heavy (non-hydrogen) atoms. The zero-order valence-corrected chi connectivity index (χ0v) is 10.9. The second-order valence-corrected chi connectivity index (χ2v) is 4.21. The molecule has 102 valence electrons. The molecule has 1 aromatic carbocycles. The molecule has 0 saturated heterocycles. The SMILES string of the molecule is O=C(NCCc1ccccc1)c1ccnc(C=NO)c1. The van der Waals surface area contributed by atoms with Gasteiger partial charge >= 0.3 is 0 Å². The minimum Gasteiger partial charge on any atom is -0.411 e. The number of carbonyl (C=O) groups excluding carboxylic acids is 1. The summed E-state index contributed by atoms with van der Waals surface area (Å²) in [6, 6.07) is 13.1. The summed E-state index contributed by atoms with van der Waals surface area (Å²) < 4.78 is 0. The van der Waals surface area contributed by atoms with Gasteiger partial charge in [-0.1, -0.05) is 35.5 Å². The van der Waals surface area contributed by atoms with E-state index in [1.165, 1.54) is 18.0 Å². The van der Waals surface area contributed by atoms with Crippen LogP contribution >= 0.6 is 0 Å². The minimum atomic E-state index is -0.170. The van der Waals surface area contributed by atoms with Crippen molar-refractivity contribution in [3.63, 3.8) is 0 Å². The van der Waals surface area contributed by atoms with Crippen molar-refractivity contribution in [2.75, 3.05) is 6.54 Å². The van der Waals surface area contributed by atoms with E-state index < -0.39 is 0 Å². The summed E-state index contributed by atoms with van der Waals surface area (Å²) in [7, 11) is 0. The Balaban J connectivity index is 1.90. The van der Waals surface area contributed by atoms with Gasteiger partial charge in [-0.25, -0.2) is 0 Å². The van der Waals surface area contributed by atoms with Gasteiger partial charge in [-0.15, -0.1) is 0 Å². The third kappa shape index (κ3) is 3.91. The molecule has 1 amide bonds. The second kappa shape index (κ2) is 7.04. The average molecular weight is 269 g/mol. The van der Waals surface area contributed by atoms with Crippen LogP contribution in [0.15, 0.2) is 53.8 Å². The van der Waals surface area contributed by atoms with Crippen LogP contribution < -0.4 is 5.32 Å². The van der Waals surface area contributed by atoms with Crippen LogP contribution in [0, 0.1) is 0 Å². The Kier molecular flexibility index (Phi) is 4.83. The molecule has 5 nitrogen and oxygen atoms in total. The zero-order chi connectivity index (χ0) is 14.2. The van der Waals surface area contributed by atoms with E-state index in [-0.39, 0.29) is 5.91 Å². The Labute approximate surface area is 117 Å². The summed E-state index contributed by atoms with van der Waals surface area (Å²) in [6.45, 7) is 0.564. The molecule has 5 heteroatoms. The summed E-state index contributed by atoms with van der Waals surface area (Å²) >= 11 is 0. The largest absolute Gasteiger partial charge is 0.411 e. The van der Waals surface area contributed by atoms with E-state index >= 15 is 0 Å². The number of amides is 1. The van der Waals surface area contributed by atoms with Crippen LogP contribution in [0.2, 0.25) is 0 Å². The predicted molar refractivity (Wildman–Crippen MR) is 76.1 cm³/mol. The van der Waals surface area contributed by atoms with Gasteiger partial charge in [0.05, 0.1) is 11.9 Å². The number of rotatable bonds is 5. The van der Waals surface area contributed by atoms with Crippen molar-refractivity contribution in [2.45, 2.75) is 6.42 Å². The molecule has 1 heterocycles. The monoisotopic (exact) mass is 269 g/mol. The van der Waals surface area contributed by atoms with E-state index in [9.17, 15) is 4.79 Å². The van der Waals surface area contributed by atoms with Crippen LogP contribution in [-0.2, 0) is 6.42 Å². The van der Waals surface area contributed by atoms with E-state index in [0.29, 0.717) is 17.8 Å². The Morgan fingerprint density at radius 3 is 2.85 bits per heavy atom. The van der Waals surface area contributed by atoms with Crippen LogP contribution in [0.4, 0.5) is 0 Å². The van der Waals surface area contributed by atoms with Crippen LogP contribution in [0.25, 0.3) is 0 Å². The van der Waals surface area contributed by atoms with Crippen molar-refractivity contribution < 1.29 is 10.0 Å². The molecule has 2 rings (SSSR count). The lowest BCUT2D eigenvalue weighted by Crippen LogP contribution is -2.25. The molecule has 0 saturated carbocycles. The molecule has 2 aromatic rings. The summed E-state index contributed by atoms with van der Waals surface area (Å²) in [6.07, 6.45) is 3.46. The summed E-state index contributed by atoms with van der Waals surface area (Å²) in [5, 5.41) is 14.2. The summed E-state index contributed by atoms with van der Waals surface area (Å²) in [5.74, 6) is -0.170. The first kappa shape index (κ1) is 13.7. The van der Waals surface area contributed by atoms with E-state index in [1.807, 2.05) is 30.3 Å². The molecule has 0 atom stereocenters. The predicted octanol–water partition coefficient (Wildman–Crippen LogP) is 1.86. The number of benzene rings is 1. The highest BCUT2D eigenvalue weighted by molar-refractivity contribution is 5.95. The maximum Gasteiger partial charge on any atom is 0.251 e. The van der Waals surface area contributed by atoms with E-state index in [2.05, 4.69) is 15.5 Å². The Morgan fingerprint density at radius 1 is 1.30 bits per heavy atom. The van der Waals surface area contributed by atoms with Gasteiger partial charge in [-0.2, -0.15) is 0 Å². The van der Waals surface area contributed by atoms with Crippen LogP contribution in [0.3, 0.4) is 0 Å². The van der Waals surface area contributed by atoms with E-state index in [0.717, 1.165) is 6.42 Å². The van der Waals surface area contributed by atoms with Crippen molar-refractivity contribution >= 4 is 12.1 Å². The molecule has 0 bridgehead atoms. The normalized spacial score (nSPS) is 10.6. The van der Waals surface area contributed by atoms with Gasteiger partial charge in [0.25, 0.3) is 5.91 Å². The number of carbonyl (C=O) groups is 1. The molecule has 0 spiro atoms. The molecule has 0 fully saturated rings. The Bertz CT molecular complexity index is 597. The van der Waals surface area contributed by atoms with Crippen LogP contribution in [0.1, 0.15) is 21.6 Å². The number of pyridine rings is 1. The highest BCUT2D eigenvalue weighted by Gasteiger charge is 2.05. The van der Waals surface area contributed by atoms with E-state index in [4.69, 9.17) is 5.21 Å². The minimum absolute atomic E-state index is 0.170. The summed E-state index contributed by atoms with van der Waals surface area (Å²) in [5.41, 5.74) is 2.10. The quantitative estimate of drug-likeness (QED) is 0.494. The zero-order valence-electron chi connectivity index (χ0n) is 10.9. The molecule has 0 aliphatic rings. The lowest BCUT2D eigenvalue weighted by Gasteiger charge is -2.05. The fraction of sp³-hybridized carbons (Fsp3) is 0.133. The van der Waals surface area contributed by atoms with Crippen molar-refractivity contribution in [3.05, 3.63) is 65.5 Å². The molecule has 0 aliphatic heterocycles. The first-order valence-electron chi connectivity index (χ1n) is 6.25. The number of hydrogen-bond donors (Lipinski definition) is 2. The number of oxime groups is 1. The molecular formula is C15H15N3O2. The first-order chi connectivity index (χ1) is 9.79. The second-order valence-electron chi connectivity index (χ2n) is 4.21. The molecule has 1 aromatic heterocycles. The number of nitrogens with one attached hydrogen (secondary N) is 1. The molecule has 0 aliphatic carbocycles. The smallest absolute Gasteiger partial charge is 0.251 e. The number of nitrogens with zero attached hydrogens (tertiary/aromatic N) is 2. The van der Waals surface area contributed by atoms with Crippen LogP contribution in [0.5, 0.6) is 0 Å². The lowest BCUT2D eigenvalue weighted by atomic mass is 10.1. The maximum atomic E-state index is 11.9. The highest BCUT2D eigenvalue weighted by Crippen LogP contribution is 2.01. The fourth-order valence-corrected chi connectivity index (χ4v) is 1.79. The van der Waals surface area contributed by atoms with Gasteiger partial charge in [-0.05, 0) is 24.1 Å². The number of hydrogen-bond acceptors (Lipinski definition) is 4. The lowest BCUT2D eigenvalue weighted by molar-refractivity contribution is 0.0954. The van der Waals surface area contributed by atoms with Gasteiger partial charge < -0.3 is 10.5 Å². The average Bonchev–Trinajstić information content (AvgIpc) is 2.49. The maximum absolute atomic E-state index is 11.9. The van der Waals surface area contributed by atoms with Gasteiger partial charge in [0.2, 0.25) is 0 Å². The third-order valence-electron chi connectivity index (χ3n) is 2.78. The van der Waals surface area contributed by atoms with Gasteiger partial charge in [0, 0.05) is 18.3 Å². The molecule has 0 unspecified atom stereocenters. The van der Waals surface area contributed by atoms with E-state index in [1.54, 1.807) is 12.1 Å². The van der Waals surface area contributed by atoms with Gasteiger partial charge in [0.15, 0.2) is 0 Å². The van der Waals surface area contributed by atoms with Crippen LogP contribution in [-0.4, -0.2) is 28.9 Å². The molecule has 2 N–H and O–H groups in total. The number of aromatic nitrogens is 1. The van der Waals surface area contributed by atoms with Crippen molar-refractivity contribution in [2.24, 2.45) is 5.16 Å². The highest BCUT2D eigenvalue weighted by atomic mass is 16.4. The van der Waals surface area contributed by atoms with Gasteiger partial charge in [-0.3, -0.25) is 9.78 Å². The third-order valence-corrected chi connectivity index (χ3v) is 2.78. The Hall–Kier alpha value is -2.69. The summed E-state index contributed by atoms with van der Waals surface area (Å²) in [4.78, 5) is 15.9. The van der Waals surface area contributed by atoms with Gasteiger partial charge in [0.1, 0.15) is 0 Å². The Morgan fingerprint density at radius 2 is 2.10 bits per heavy atom. The topological polar surface area (TPSA) is 74.6 Å². The first-order valence-corrected chi connectivity index (χ1v) is 6.25. The van der Waals surface area contributed by atoms with Crippen molar-refractivity contribution in [1.29, 1.82) is 0 Å². The molecule has 0 radical (unpaired) electrons.